The van der Waals surface area contributed by atoms with E-state index in [1.807, 2.05) is 24.3 Å². The van der Waals surface area contributed by atoms with Gasteiger partial charge in [-0.25, -0.2) is 0 Å². The summed E-state index contributed by atoms with van der Waals surface area (Å²) in [7, 11) is 1.64. The third kappa shape index (κ3) is 3.46. The molecule has 3 nitrogen and oxygen atoms in total. The van der Waals surface area contributed by atoms with Crippen LogP contribution in [0.4, 0.5) is 11.4 Å². The normalized spacial score (nSPS) is 10.3. The Morgan fingerprint density at radius 1 is 1.11 bits per heavy atom. The van der Waals surface area contributed by atoms with Crippen molar-refractivity contribution in [1.82, 2.24) is 0 Å². The van der Waals surface area contributed by atoms with Crippen LogP contribution in [-0.2, 0) is 6.54 Å². The Bertz CT molecular complexity index is 547. The van der Waals surface area contributed by atoms with Crippen LogP contribution in [-0.4, -0.2) is 7.11 Å². The van der Waals surface area contributed by atoms with Crippen molar-refractivity contribution in [3.05, 3.63) is 52.0 Å². The van der Waals surface area contributed by atoms with Gasteiger partial charge in [0.1, 0.15) is 5.75 Å². The first-order chi connectivity index (χ1) is 9.10. The number of hydrogen-bond acceptors (Lipinski definition) is 3. The molecule has 5 heteroatoms. The van der Waals surface area contributed by atoms with Gasteiger partial charge >= 0.3 is 0 Å². The highest BCUT2D eigenvalue weighted by Gasteiger charge is 2.07. The van der Waals surface area contributed by atoms with E-state index in [1.54, 1.807) is 19.2 Å². The van der Waals surface area contributed by atoms with E-state index in [4.69, 9.17) is 33.7 Å². The molecule has 2 aromatic rings. The van der Waals surface area contributed by atoms with Crippen molar-refractivity contribution in [1.29, 1.82) is 0 Å². The van der Waals surface area contributed by atoms with Crippen LogP contribution in [0.15, 0.2) is 36.4 Å². The van der Waals surface area contributed by atoms with Crippen LogP contribution in [0, 0.1) is 0 Å². The van der Waals surface area contributed by atoms with Gasteiger partial charge in [0.15, 0.2) is 0 Å². The molecule has 0 aliphatic carbocycles. The summed E-state index contributed by atoms with van der Waals surface area (Å²) in [6.45, 7) is 0.618. The molecule has 0 fully saturated rings. The Labute approximate surface area is 122 Å². The Hall–Kier alpha value is -1.58. The second-order valence-corrected chi connectivity index (χ2v) is 4.88. The van der Waals surface area contributed by atoms with Crippen LogP contribution in [0.2, 0.25) is 10.0 Å². The number of ether oxygens (including phenoxy) is 1. The highest BCUT2D eigenvalue weighted by atomic mass is 35.5. The van der Waals surface area contributed by atoms with Gasteiger partial charge in [0.05, 0.1) is 22.8 Å². The molecule has 19 heavy (non-hydrogen) atoms. The maximum Gasteiger partial charge on any atom is 0.118 e. The molecule has 0 aliphatic rings. The van der Waals surface area contributed by atoms with Crippen LogP contribution >= 0.6 is 23.2 Å². The lowest BCUT2D eigenvalue weighted by atomic mass is 10.2. The standard InChI is InChI=1S/C14H14Cl2N2O/c1-19-11-4-2-9(3-5-11)8-18-14-12(15)6-10(17)7-13(14)16/h2-7,18H,8,17H2,1H3. The van der Waals surface area contributed by atoms with E-state index in [9.17, 15) is 0 Å². The SMILES string of the molecule is COc1ccc(CNc2c(Cl)cc(N)cc2Cl)cc1. The predicted octanol–water partition coefficient (Wildman–Crippen LogP) is 4.20. The number of nitrogens with one attached hydrogen (secondary N) is 1. The first kappa shape index (κ1) is 13.8. The minimum Gasteiger partial charge on any atom is -0.497 e. The number of rotatable bonds is 4. The second-order valence-electron chi connectivity index (χ2n) is 4.06. The molecule has 0 amide bonds. The average Bonchev–Trinajstić information content (AvgIpc) is 2.38. The number of hydrogen-bond donors (Lipinski definition) is 2. The van der Waals surface area contributed by atoms with E-state index in [0.717, 1.165) is 11.3 Å². The molecule has 0 saturated heterocycles. The number of nitrogens with two attached hydrogens (primary N) is 1. The predicted molar refractivity (Wildman–Crippen MR) is 81.2 cm³/mol. The van der Waals surface area contributed by atoms with Gasteiger partial charge in [-0.2, -0.15) is 0 Å². The van der Waals surface area contributed by atoms with Gasteiger partial charge in [-0.3, -0.25) is 0 Å². The molecule has 2 aromatic carbocycles. The first-order valence-corrected chi connectivity index (χ1v) is 6.47. The molecule has 0 radical (unpaired) electrons. The summed E-state index contributed by atoms with van der Waals surface area (Å²) in [5, 5.41) is 4.23. The third-order valence-corrected chi connectivity index (χ3v) is 3.29. The summed E-state index contributed by atoms with van der Waals surface area (Å²) in [5.74, 6) is 0.826. The van der Waals surface area contributed by atoms with E-state index in [2.05, 4.69) is 5.32 Å². The number of methoxy groups -OCH3 is 1. The summed E-state index contributed by atoms with van der Waals surface area (Å²) in [4.78, 5) is 0. The molecule has 0 bridgehead atoms. The molecule has 0 saturated carbocycles. The van der Waals surface area contributed by atoms with Gasteiger partial charge in [-0.05, 0) is 29.8 Å². The zero-order valence-electron chi connectivity index (χ0n) is 10.4. The fourth-order valence-corrected chi connectivity index (χ4v) is 2.33. The van der Waals surface area contributed by atoms with Crippen molar-refractivity contribution in [2.24, 2.45) is 0 Å². The minimum atomic E-state index is 0.513. The van der Waals surface area contributed by atoms with Crippen molar-refractivity contribution in [3.63, 3.8) is 0 Å². The van der Waals surface area contributed by atoms with Crippen LogP contribution in [0.3, 0.4) is 0 Å². The highest BCUT2D eigenvalue weighted by Crippen LogP contribution is 2.33. The van der Waals surface area contributed by atoms with E-state index in [-0.39, 0.29) is 0 Å². The van der Waals surface area contributed by atoms with Gasteiger partial charge < -0.3 is 15.8 Å². The topological polar surface area (TPSA) is 47.3 Å². The summed E-state index contributed by atoms with van der Waals surface area (Å²) in [6, 6.07) is 11.1. The molecule has 2 rings (SSSR count). The highest BCUT2D eigenvalue weighted by molar-refractivity contribution is 6.39. The molecule has 0 heterocycles. The fourth-order valence-electron chi connectivity index (χ4n) is 1.70. The number of halogens is 2. The van der Waals surface area contributed by atoms with E-state index >= 15 is 0 Å². The number of benzene rings is 2. The fraction of sp³-hybridized carbons (Fsp3) is 0.143. The Balaban J connectivity index is 2.10. The monoisotopic (exact) mass is 296 g/mol. The molecule has 0 atom stereocenters. The molecular formula is C14H14Cl2N2O. The summed E-state index contributed by atoms with van der Waals surface area (Å²) < 4.78 is 5.11. The van der Waals surface area contributed by atoms with Crippen molar-refractivity contribution in [2.75, 3.05) is 18.2 Å². The van der Waals surface area contributed by atoms with E-state index < -0.39 is 0 Å². The maximum atomic E-state index is 6.10. The van der Waals surface area contributed by atoms with E-state index in [0.29, 0.717) is 28.0 Å². The smallest absolute Gasteiger partial charge is 0.118 e. The minimum absolute atomic E-state index is 0.513. The van der Waals surface area contributed by atoms with Gasteiger partial charge in [-0.15, -0.1) is 0 Å². The van der Waals surface area contributed by atoms with Crippen LogP contribution in [0.1, 0.15) is 5.56 Å². The van der Waals surface area contributed by atoms with Gasteiger partial charge in [-0.1, -0.05) is 35.3 Å². The molecule has 3 N–H and O–H groups in total. The molecular weight excluding hydrogens is 283 g/mol. The first-order valence-electron chi connectivity index (χ1n) is 5.71. The summed E-state index contributed by atoms with van der Waals surface area (Å²) in [5.41, 5.74) is 7.99. The molecule has 0 spiro atoms. The molecule has 0 unspecified atom stereocenters. The summed E-state index contributed by atoms with van der Waals surface area (Å²) >= 11 is 12.2. The lowest BCUT2D eigenvalue weighted by Gasteiger charge is -2.11. The zero-order chi connectivity index (χ0) is 13.8. The summed E-state index contributed by atoms with van der Waals surface area (Å²) in [6.07, 6.45) is 0. The third-order valence-electron chi connectivity index (χ3n) is 2.69. The molecule has 0 aliphatic heterocycles. The van der Waals surface area contributed by atoms with Crippen molar-refractivity contribution < 1.29 is 4.74 Å². The zero-order valence-corrected chi connectivity index (χ0v) is 11.9. The average molecular weight is 297 g/mol. The van der Waals surface area contributed by atoms with E-state index in [1.165, 1.54) is 0 Å². The van der Waals surface area contributed by atoms with Gasteiger partial charge in [0.25, 0.3) is 0 Å². The lowest BCUT2D eigenvalue weighted by Crippen LogP contribution is -2.01. The Kier molecular flexibility index (Phi) is 4.40. The largest absolute Gasteiger partial charge is 0.497 e. The molecule has 0 aromatic heterocycles. The van der Waals surface area contributed by atoms with Gasteiger partial charge in [0.2, 0.25) is 0 Å². The van der Waals surface area contributed by atoms with Crippen LogP contribution in [0.5, 0.6) is 5.75 Å². The second kappa shape index (κ2) is 6.04. The Morgan fingerprint density at radius 2 is 1.68 bits per heavy atom. The molecule has 100 valence electrons. The van der Waals surface area contributed by atoms with Gasteiger partial charge in [0, 0.05) is 12.2 Å². The van der Waals surface area contributed by atoms with Crippen molar-refractivity contribution in [3.8, 4) is 5.75 Å². The van der Waals surface area contributed by atoms with Crippen LogP contribution in [0.25, 0.3) is 0 Å². The number of nitrogen functional groups attached to an aromatic ring is 1. The number of anilines is 2. The van der Waals surface area contributed by atoms with Crippen molar-refractivity contribution in [2.45, 2.75) is 6.54 Å². The Morgan fingerprint density at radius 3 is 2.21 bits per heavy atom. The van der Waals surface area contributed by atoms with Crippen molar-refractivity contribution >= 4 is 34.6 Å². The quantitative estimate of drug-likeness (QED) is 0.832. The maximum absolute atomic E-state index is 6.10. The van der Waals surface area contributed by atoms with Crippen LogP contribution < -0.4 is 15.8 Å². The lowest BCUT2D eigenvalue weighted by molar-refractivity contribution is 0.414.